The summed E-state index contributed by atoms with van der Waals surface area (Å²) in [5.41, 5.74) is 0.833. The molecule has 0 atom stereocenters. The number of carboxylic acids is 1. The van der Waals surface area contributed by atoms with Gasteiger partial charge in [0.1, 0.15) is 11.4 Å². The first-order valence-corrected chi connectivity index (χ1v) is 6.62. The van der Waals surface area contributed by atoms with Crippen LogP contribution in [-0.2, 0) is 6.54 Å². The van der Waals surface area contributed by atoms with Gasteiger partial charge in [-0.15, -0.1) is 0 Å². The maximum Gasteiger partial charge on any atom is 0.339 e. The molecule has 1 aromatic carbocycles. The fourth-order valence-corrected chi connectivity index (χ4v) is 2.00. The predicted octanol–water partition coefficient (Wildman–Crippen LogP) is 3.06. The van der Waals surface area contributed by atoms with E-state index in [0.29, 0.717) is 11.0 Å². The molecule has 21 heavy (non-hydrogen) atoms. The summed E-state index contributed by atoms with van der Waals surface area (Å²) >= 11 is 3.16. The number of hydrogen-bond acceptors (Lipinski definition) is 5. The van der Waals surface area contributed by atoms with Crippen molar-refractivity contribution in [2.45, 2.75) is 6.54 Å². The molecule has 0 aliphatic heterocycles. The third-order valence-electron chi connectivity index (χ3n) is 2.69. The van der Waals surface area contributed by atoms with E-state index in [2.05, 4.69) is 26.2 Å². The summed E-state index contributed by atoms with van der Waals surface area (Å²) in [6, 6.07) is 7.44. The van der Waals surface area contributed by atoms with E-state index >= 15 is 0 Å². The molecule has 0 spiro atoms. The highest BCUT2D eigenvalue weighted by Gasteiger charge is 2.12. The summed E-state index contributed by atoms with van der Waals surface area (Å²) in [5.74, 6) is -0.848. The smallest absolute Gasteiger partial charge is 0.339 e. The molecule has 0 radical (unpaired) electrons. The molecule has 0 fully saturated rings. The number of anilines is 1. The Bertz CT molecular complexity index is 688. The average Bonchev–Trinajstić information content (AvgIpc) is 2.46. The van der Waals surface area contributed by atoms with E-state index in [0.717, 1.165) is 5.56 Å². The lowest BCUT2D eigenvalue weighted by Crippen LogP contribution is -2.08. The van der Waals surface area contributed by atoms with Gasteiger partial charge >= 0.3 is 5.97 Å². The Balaban J connectivity index is 2.13. The highest BCUT2D eigenvalue weighted by Crippen LogP contribution is 2.19. The van der Waals surface area contributed by atoms with Crippen molar-refractivity contribution in [1.29, 1.82) is 0 Å². The van der Waals surface area contributed by atoms with Gasteiger partial charge in [-0.25, -0.2) is 9.78 Å². The van der Waals surface area contributed by atoms with Crippen molar-refractivity contribution < 1.29 is 14.8 Å². The molecule has 1 aromatic heterocycles. The molecule has 0 amide bonds. The van der Waals surface area contributed by atoms with E-state index in [-0.39, 0.29) is 17.1 Å². The van der Waals surface area contributed by atoms with Crippen molar-refractivity contribution >= 4 is 33.4 Å². The van der Waals surface area contributed by atoms with Crippen LogP contribution in [0.2, 0.25) is 0 Å². The number of nitro groups is 1. The fourth-order valence-electron chi connectivity index (χ4n) is 1.66. The van der Waals surface area contributed by atoms with Crippen LogP contribution in [0.5, 0.6) is 0 Å². The number of non-ortho nitro benzene ring substituents is 1. The zero-order chi connectivity index (χ0) is 15.4. The SMILES string of the molecule is O=C(O)c1cc(Br)cnc1NCc1ccc([N+](=O)[O-])cc1. The third kappa shape index (κ3) is 3.76. The van der Waals surface area contributed by atoms with E-state index < -0.39 is 10.9 Å². The average molecular weight is 352 g/mol. The molecule has 108 valence electrons. The van der Waals surface area contributed by atoms with Crippen LogP contribution >= 0.6 is 15.9 Å². The van der Waals surface area contributed by atoms with E-state index in [1.165, 1.54) is 24.4 Å². The summed E-state index contributed by atoms with van der Waals surface area (Å²) in [4.78, 5) is 25.2. The summed E-state index contributed by atoms with van der Waals surface area (Å²) in [6.07, 6.45) is 1.49. The number of halogens is 1. The van der Waals surface area contributed by atoms with Crippen molar-refractivity contribution in [3.05, 3.63) is 62.2 Å². The van der Waals surface area contributed by atoms with Gasteiger partial charge in [0.2, 0.25) is 0 Å². The quantitative estimate of drug-likeness (QED) is 0.633. The molecule has 2 aromatic rings. The minimum absolute atomic E-state index is 0.00624. The monoisotopic (exact) mass is 351 g/mol. The van der Waals surface area contributed by atoms with Crippen LogP contribution < -0.4 is 5.32 Å². The molecule has 2 N–H and O–H groups in total. The lowest BCUT2D eigenvalue weighted by atomic mass is 10.2. The Labute approximate surface area is 127 Å². The fraction of sp³-hybridized carbons (Fsp3) is 0.0769. The number of benzene rings is 1. The number of rotatable bonds is 5. The maximum atomic E-state index is 11.1. The Morgan fingerprint density at radius 2 is 2.05 bits per heavy atom. The zero-order valence-corrected chi connectivity index (χ0v) is 12.2. The largest absolute Gasteiger partial charge is 0.478 e. The Kier molecular flexibility index (Phi) is 4.49. The molecule has 0 bridgehead atoms. The van der Waals surface area contributed by atoms with Gasteiger partial charge in [-0.2, -0.15) is 0 Å². The number of aromatic nitrogens is 1. The van der Waals surface area contributed by atoms with Crippen LogP contribution in [0, 0.1) is 10.1 Å². The second-order valence-electron chi connectivity index (χ2n) is 4.13. The van der Waals surface area contributed by atoms with Crippen LogP contribution in [0.1, 0.15) is 15.9 Å². The van der Waals surface area contributed by atoms with Crippen LogP contribution in [0.15, 0.2) is 41.0 Å². The number of carbonyl (C=O) groups is 1. The number of aromatic carboxylic acids is 1. The van der Waals surface area contributed by atoms with Crippen LogP contribution in [0.25, 0.3) is 0 Å². The van der Waals surface area contributed by atoms with Crippen LogP contribution in [-0.4, -0.2) is 21.0 Å². The molecule has 0 saturated carbocycles. The number of carboxylic acid groups (broad SMARTS) is 1. The molecule has 0 aliphatic rings. The Morgan fingerprint density at radius 3 is 2.62 bits per heavy atom. The first kappa shape index (κ1) is 14.9. The summed E-state index contributed by atoms with van der Waals surface area (Å²) in [6.45, 7) is 0.312. The normalized spacial score (nSPS) is 10.1. The molecule has 2 rings (SSSR count). The summed E-state index contributed by atoms with van der Waals surface area (Å²) < 4.78 is 0.570. The molecule has 0 saturated heterocycles. The minimum Gasteiger partial charge on any atom is -0.478 e. The van der Waals surface area contributed by atoms with Gasteiger partial charge < -0.3 is 10.4 Å². The Hall–Kier alpha value is -2.48. The molecular formula is C13H10BrN3O4. The van der Waals surface area contributed by atoms with Gasteiger partial charge in [0, 0.05) is 29.3 Å². The van der Waals surface area contributed by atoms with Gasteiger partial charge in [0.25, 0.3) is 5.69 Å². The van der Waals surface area contributed by atoms with Crippen molar-refractivity contribution in [2.75, 3.05) is 5.32 Å². The summed E-state index contributed by atoms with van der Waals surface area (Å²) in [5, 5.41) is 22.6. The number of nitro benzene ring substituents is 1. The lowest BCUT2D eigenvalue weighted by Gasteiger charge is -2.08. The lowest BCUT2D eigenvalue weighted by molar-refractivity contribution is -0.384. The molecule has 8 heteroatoms. The predicted molar refractivity (Wildman–Crippen MR) is 79.3 cm³/mol. The van der Waals surface area contributed by atoms with Crippen molar-refractivity contribution in [2.24, 2.45) is 0 Å². The topological polar surface area (TPSA) is 105 Å². The van der Waals surface area contributed by atoms with Gasteiger partial charge in [0.05, 0.1) is 4.92 Å². The van der Waals surface area contributed by atoms with Gasteiger partial charge in [-0.05, 0) is 27.6 Å². The Morgan fingerprint density at radius 1 is 1.38 bits per heavy atom. The molecule has 7 nitrogen and oxygen atoms in total. The van der Waals surface area contributed by atoms with Gasteiger partial charge in [-0.1, -0.05) is 12.1 Å². The first-order valence-electron chi connectivity index (χ1n) is 5.83. The van der Waals surface area contributed by atoms with E-state index in [4.69, 9.17) is 5.11 Å². The first-order chi connectivity index (χ1) is 9.97. The molecule has 0 unspecified atom stereocenters. The van der Waals surface area contributed by atoms with Crippen molar-refractivity contribution in [3.63, 3.8) is 0 Å². The van der Waals surface area contributed by atoms with Crippen molar-refractivity contribution in [3.8, 4) is 0 Å². The number of pyridine rings is 1. The molecule has 0 aliphatic carbocycles. The third-order valence-corrected chi connectivity index (χ3v) is 3.13. The van der Waals surface area contributed by atoms with Crippen LogP contribution in [0.4, 0.5) is 11.5 Å². The number of hydrogen-bond donors (Lipinski definition) is 2. The van der Waals surface area contributed by atoms with Crippen LogP contribution in [0.3, 0.4) is 0 Å². The van der Waals surface area contributed by atoms with E-state index in [1.54, 1.807) is 12.1 Å². The second-order valence-corrected chi connectivity index (χ2v) is 5.05. The summed E-state index contributed by atoms with van der Waals surface area (Å²) in [7, 11) is 0. The standard InChI is InChI=1S/C13H10BrN3O4/c14-9-5-11(13(18)19)12(16-7-9)15-6-8-1-3-10(4-2-8)17(20)21/h1-5,7H,6H2,(H,15,16)(H,18,19). The molecular weight excluding hydrogens is 342 g/mol. The van der Waals surface area contributed by atoms with E-state index in [9.17, 15) is 14.9 Å². The minimum atomic E-state index is -1.09. The highest BCUT2D eigenvalue weighted by atomic mass is 79.9. The van der Waals surface area contributed by atoms with Gasteiger partial charge in [-0.3, -0.25) is 10.1 Å². The zero-order valence-electron chi connectivity index (χ0n) is 10.6. The van der Waals surface area contributed by atoms with E-state index in [1.807, 2.05) is 0 Å². The molecule has 1 heterocycles. The van der Waals surface area contributed by atoms with Gasteiger partial charge in [0.15, 0.2) is 0 Å². The number of nitrogens with zero attached hydrogens (tertiary/aromatic N) is 2. The highest BCUT2D eigenvalue weighted by molar-refractivity contribution is 9.10. The second kappa shape index (κ2) is 6.31. The van der Waals surface area contributed by atoms with Crippen molar-refractivity contribution in [1.82, 2.24) is 4.98 Å². The number of nitrogens with one attached hydrogen (secondary N) is 1. The maximum absolute atomic E-state index is 11.1.